The van der Waals surface area contributed by atoms with Crippen LogP contribution in [0.4, 0.5) is 0 Å². The van der Waals surface area contributed by atoms with Crippen LogP contribution < -0.4 is 0 Å². The fourth-order valence-electron chi connectivity index (χ4n) is 0.759. The van der Waals surface area contributed by atoms with Crippen molar-refractivity contribution in [3.05, 3.63) is 0 Å². The molecule has 0 aromatic rings. The van der Waals surface area contributed by atoms with Crippen LogP contribution in [0.5, 0.6) is 0 Å². The summed E-state index contributed by atoms with van der Waals surface area (Å²) in [6.45, 7) is 1.66. The SMILES string of the molecule is CSCC(C)(O)CCC(=O)O. The predicted octanol–water partition coefficient (Wildman–Crippen LogP) is 0.965. The fraction of sp³-hybridized carbons (Fsp3) is 0.857. The van der Waals surface area contributed by atoms with Crippen LogP contribution in [0.2, 0.25) is 0 Å². The number of hydrogen-bond donors (Lipinski definition) is 2. The van der Waals surface area contributed by atoms with E-state index < -0.39 is 11.6 Å². The summed E-state index contributed by atoms with van der Waals surface area (Å²) in [4.78, 5) is 10.1. The Hall–Kier alpha value is -0.220. The van der Waals surface area contributed by atoms with Crippen molar-refractivity contribution < 1.29 is 15.0 Å². The topological polar surface area (TPSA) is 57.5 Å². The molecular formula is C7H14O3S. The monoisotopic (exact) mass is 178 g/mol. The van der Waals surface area contributed by atoms with Gasteiger partial charge in [0, 0.05) is 12.2 Å². The molecule has 0 bridgehead atoms. The minimum atomic E-state index is -0.855. The normalized spacial score (nSPS) is 15.9. The Labute approximate surface area is 70.8 Å². The number of carboxylic acids is 1. The molecule has 0 fully saturated rings. The van der Waals surface area contributed by atoms with E-state index in [1.165, 1.54) is 11.8 Å². The third-order valence-corrected chi connectivity index (χ3v) is 2.24. The predicted molar refractivity (Wildman–Crippen MR) is 45.9 cm³/mol. The van der Waals surface area contributed by atoms with Crippen molar-refractivity contribution in [2.24, 2.45) is 0 Å². The molecule has 4 heteroatoms. The molecule has 0 saturated heterocycles. The van der Waals surface area contributed by atoms with Gasteiger partial charge in [0.2, 0.25) is 0 Å². The van der Waals surface area contributed by atoms with Gasteiger partial charge in [0.05, 0.1) is 5.60 Å². The van der Waals surface area contributed by atoms with Gasteiger partial charge in [0.15, 0.2) is 0 Å². The Bertz CT molecular complexity index is 134. The zero-order valence-corrected chi connectivity index (χ0v) is 7.65. The number of carbonyl (C=O) groups is 1. The van der Waals surface area contributed by atoms with E-state index in [1.54, 1.807) is 6.92 Å². The van der Waals surface area contributed by atoms with Gasteiger partial charge in [0.25, 0.3) is 0 Å². The lowest BCUT2D eigenvalue weighted by Gasteiger charge is -2.20. The summed E-state index contributed by atoms with van der Waals surface area (Å²) >= 11 is 1.52. The summed E-state index contributed by atoms with van der Waals surface area (Å²) < 4.78 is 0. The highest BCUT2D eigenvalue weighted by molar-refractivity contribution is 7.98. The molecule has 66 valence electrons. The first-order chi connectivity index (χ1) is 4.98. The Morgan fingerprint density at radius 3 is 2.55 bits per heavy atom. The van der Waals surface area contributed by atoms with Crippen molar-refractivity contribution in [1.29, 1.82) is 0 Å². The molecule has 0 aromatic carbocycles. The number of aliphatic carboxylic acids is 1. The van der Waals surface area contributed by atoms with E-state index >= 15 is 0 Å². The van der Waals surface area contributed by atoms with Crippen molar-refractivity contribution in [3.8, 4) is 0 Å². The molecule has 1 unspecified atom stereocenters. The second-order valence-electron chi connectivity index (χ2n) is 2.82. The van der Waals surface area contributed by atoms with E-state index in [0.717, 1.165) is 0 Å². The molecule has 0 aliphatic rings. The van der Waals surface area contributed by atoms with Crippen LogP contribution in [0, 0.1) is 0 Å². The second kappa shape index (κ2) is 4.62. The summed E-state index contributed by atoms with van der Waals surface area (Å²) in [5.41, 5.74) is -0.836. The summed E-state index contributed by atoms with van der Waals surface area (Å²) in [7, 11) is 0. The highest BCUT2D eigenvalue weighted by atomic mass is 32.2. The first-order valence-corrected chi connectivity index (χ1v) is 4.80. The number of rotatable bonds is 5. The zero-order valence-electron chi connectivity index (χ0n) is 6.83. The summed E-state index contributed by atoms with van der Waals surface area (Å²) in [5, 5.41) is 17.8. The van der Waals surface area contributed by atoms with Gasteiger partial charge >= 0.3 is 5.97 Å². The van der Waals surface area contributed by atoms with E-state index in [0.29, 0.717) is 12.2 Å². The molecule has 2 N–H and O–H groups in total. The molecule has 0 radical (unpaired) electrons. The van der Waals surface area contributed by atoms with Gasteiger partial charge in [-0.25, -0.2) is 0 Å². The van der Waals surface area contributed by atoms with E-state index in [-0.39, 0.29) is 6.42 Å². The third-order valence-electron chi connectivity index (χ3n) is 1.33. The summed E-state index contributed by atoms with van der Waals surface area (Å²) in [6, 6.07) is 0. The quantitative estimate of drug-likeness (QED) is 0.658. The van der Waals surface area contributed by atoms with E-state index in [4.69, 9.17) is 5.11 Å². The number of aliphatic hydroxyl groups is 1. The van der Waals surface area contributed by atoms with Crippen LogP contribution in [0.25, 0.3) is 0 Å². The summed E-state index contributed by atoms with van der Waals surface area (Å²) in [6.07, 6.45) is 2.24. The van der Waals surface area contributed by atoms with Crippen molar-refractivity contribution >= 4 is 17.7 Å². The number of carboxylic acid groups (broad SMARTS) is 1. The molecule has 0 heterocycles. The van der Waals surface area contributed by atoms with E-state index in [1.807, 2.05) is 6.26 Å². The van der Waals surface area contributed by atoms with Gasteiger partial charge in [-0.05, 0) is 19.6 Å². The van der Waals surface area contributed by atoms with Crippen molar-refractivity contribution in [1.82, 2.24) is 0 Å². The largest absolute Gasteiger partial charge is 0.481 e. The van der Waals surface area contributed by atoms with Gasteiger partial charge in [-0.3, -0.25) is 4.79 Å². The second-order valence-corrected chi connectivity index (χ2v) is 3.69. The lowest BCUT2D eigenvalue weighted by atomic mass is 10.0. The Morgan fingerprint density at radius 1 is 1.64 bits per heavy atom. The van der Waals surface area contributed by atoms with Gasteiger partial charge in [-0.1, -0.05) is 0 Å². The molecule has 0 spiro atoms. The smallest absolute Gasteiger partial charge is 0.303 e. The first-order valence-electron chi connectivity index (χ1n) is 3.41. The van der Waals surface area contributed by atoms with Gasteiger partial charge in [0.1, 0.15) is 0 Å². The van der Waals surface area contributed by atoms with Crippen LogP contribution in [0.3, 0.4) is 0 Å². The average Bonchev–Trinajstić information content (AvgIpc) is 1.84. The lowest BCUT2D eigenvalue weighted by Crippen LogP contribution is -2.28. The minimum Gasteiger partial charge on any atom is -0.481 e. The van der Waals surface area contributed by atoms with E-state index in [9.17, 15) is 9.90 Å². The maximum atomic E-state index is 10.1. The minimum absolute atomic E-state index is 0.0353. The molecule has 0 amide bonds. The Balaban J connectivity index is 3.63. The molecule has 0 saturated carbocycles. The van der Waals surface area contributed by atoms with Crippen molar-refractivity contribution in [2.45, 2.75) is 25.4 Å². The van der Waals surface area contributed by atoms with Crippen LogP contribution in [-0.2, 0) is 4.79 Å². The molecule has 0 rings (SSSR count). The maximum absolute atomic E-state index is 10.1. The average molecular weight is 178 g/mol. The van der Waals surface area contributed by atoms with Gasteiger partial charge < -0.3 is 10.2 Å². The van der Waals surface area contributed by atoms with Crippen LogP contribution in [0.15, 0.2) is 0 Å². The molecular weight excluding hydrogens is 164 g/mol. The van der Waals surface area contributed by atoms with Crippen LogP contribution in [0.1, 0.15) is 19.8 Å². The third kappa shape index (κ3) is 6.19. The highest BCUT2D eigenvalue weighted by Gasteiger charge is 2.20. The Morgan fingerprint density at radius 2 is 2.18 bits per heavy atom. The van der Waals surface area contributed by atoms with Crippen LogP contribution >= 0.6 is 11.8 Å². The fourth-order valence-corrected chi connectivity index (χ4v) is 1.53. The highest BCUT2D eigenvalue weighted by Crippen LogP contribution is 2.16. The molecule has 0 aliphatic heterocycles. The first kappa shape index (κ1) is 10.8. The van der Waals surface area contributed by atoms with Crippen molar-refractivity contribution in [2.75, 3.05) is 12.0 Å². The molecule has 0 aromatic heterocycles. The van der Waals surface area contributed by atoms with Gasteiger partial charge in [-0.15, -0.1) is 0 Å². The Kier molecular flexibility index (Phi) is 4.52. The zero-order chi connectivity index (χ0) is 8.91. The number of hydrogen-bond acceptors (Lipinski definition) is 3. The maximum Gasteiger partial charge on any atom is 0.303 e. The molecule has 3 nitrogen and oxygen atoms in total. The summed E-state index contributed by atoms with van der Waals surface area (Å²) in [5.74, 6) is -0.272. The van der Waals surface area contributed by atoms with Gasteiger partial charge in [-0.2, -0.15) is 11.8 Å². The lowest BCUT2D eigenvalue weighted by molar-refractivity contribution is -0.138. The van der Waals surface area contributed by atoms with Crippen LogP contribution in [-0.4, -0.2) is 33.8 Å². The molecule has 11 heavy (non-hydrogen) atoms. The molecule has 0 aliphatic carbocycles. The molecule has 1 atom stereocenters. The number of thioether (sulfide) groups is 1. The van der Waals surface area contributed by atoms with Crippen molar-refractivity contribution in [3.63, 3.8) is 0 Å². The van der Waals surface area contributed by atoms with E-state index in [2.05, 4.69) is 0 Å². The standard InChI is InChI=1S/C7H14O3S/c1-7(10,5-11-2)4-3-6(8)9/h10H,3-5H2,1-2H3,(H,8,9).